The fraction of sp³-hybridized carbons (Fsp3) is 0.692. The molecule has 5 nitrogen and oxygen atoms in total. The zero-order valence-electron chi connectivity index (χ0n) is 11.4. The van der Waals surface area contributed by atoms with Gasteiger partial charge in [-0.25, -0.2) is 4.79 Å². The summed E-state index contributed by atoms with van der Waals surface area (Å²) in [5.74, 6) is -1.77. The third-order valence-electron chi connectivity index (χ3n) is 3.29. The van der Waals surface area contributed by atoms with Crippen molar-refractivity contribution < 1.29 is 19.5 Å². The maximum atomic E-state index is 12.1. The molecule has 0 aromatic heterocycles. The fourth-order valence-corrected chi connectivity index (χ4v) is 2.65. The average Bonchev–Trinajstić information content (AvgIpc) is 2.24. The third kappa shape index (κ3) is 2.97. The number of ether oxygens (including phenoxy) is 1. The van der Waals surface area contributed by atoms with Gasteiger partial charge in [0, 0.05) is 17.2 Å². The van der Waals surface area contributed by atoms with Crippen LogP contribution in [0.4, 0.5) is 0 Å². The van der Waals surface area contributed by atoms with Crippen molar-refractivity contribution in [3.8, 4) is 0 Å². The number of hydrogen-bond acceptors (Lipinski definition) is 4. The lowest BCUT2D eigenvalue weighted by Crippen LogP contribution is -2.59. The molecule has 18 heavy (non-hydrogen) atoms. The van der Waals surface area contributed by atoms with Crippen molar-refractivity contribution in [1.29, 1.82) is 0 Å². The number of esters is 2. The second kappa shape index (κ2) is 4.82. The molecule has 0 N–H and O–H groups in total. The van der Waals surface area contributed by atoms with E-state index in [9.17, 15) is 14.8 Å². The van der Waals surface area contributed by atoms with Crippen molar-refractivity contribution in [1.82, 2.24) is 5.06 Å². The van der Waals surface area contributed by atoms with E-state index in [0.29, 0.717) is 12.8 Å². The quantitative estimate of drug-likeness (QED) is 0.428. The Morgan fingerprint density at radius 1 is 1.22 bits per heavy atom. The zero-order valence-corrected chi connectivity index (χ0v) is 11.4. The van der Waals surface area contributed by atoms with Gasteiger partial charge in [-0.1, -0.05) is 6.58 Å². The van der Waals surface area contributed by atoms with Crippen LogP contribution in [0.1, 0.15) is 40.5 Å². The van der Waals surface area contributed by atoms with E-state index in [2.05, 4.69) is 11.3 Å². The highest BCUT2D eigenvalue weighted by atomic mass is 16.6. The van der Waals surface area contributed by atoms with Gasteiger partial charge in [0.2, 0.25) is 0 Å². The number of nitrogens with zero attached hydrogens (tertiary/aromatic N) is 1. The fourth-order valence-electron chi connectivity index (χ4n) is 2.65. The Kier molecular flexibility index (Phi) is 3.98. The van der Waals surface area contributed by atoms with Gasteiger partial charge in [0.05, 0.1) is 5.92 Å². The highest BCUT2D eigenvalue weighted by Crippen LogP contribution is 2.40. The first-order chi connectivity index (χ1) is 8.10. The van der Waals surface area contributed by atoms with Crippen LogP contribution in [0.2, 0.25) is 0 Å². The van der Waals surface area contributed by atoms with Crippen LogP contribution in [0.5, 0.6) is 0 Å². The lowest BCUT2D eigenvalue weighted by atomic mass is 9.75. The molecule has 0 unspecified atom stereocenters. The van der Waals surface area contributed by atoms with Crippen molar-refractivity contribution in [3.63, 3.8) is 0 Å². The molecule has 5 heteroatoms. The first-order valence-electron chi connectivity index (χ1n) is 5.96. The van der Waals surface area contributed by atoms with Crippen LogP contribution in [-0.2, 0) is 19.5 Å². The SMILES string of the molecule is C=CC(=O)OC(=O)C1CC(C)(C)N([O])C(C)(C)C1. The molecule has 0 aromatic carbocycles. The van der Waals surface area contributed by atoms with Crippen LogP contribution in [0.3, 0.4) is 0 Å². The summed E-state index contributed by atoms with van der Waals surface area (Å²) in [5, 5.41) is 13.1. The summed E-state index contributed by atoms with van der Waals surface area (Å²) >= 11 is 0. The van der Waals surface area contributed by atoms with Gasteiger partial charge in [0.1, 0.15) is 0 Å². The Morgan fingerprint density at radius 2 is 1.67 bits per heavy atom. The minimum atomic E-state index is -0.750. The van der Waals surface area contributed by atoms with Gasteiger partial charge in [0.25, 0.3) is 0 Å². The number of hydrogen-bond donors (Lipinski definition) is 0. The van der Waals surface area contributed by atoms with Gasteiger partial charge in [-0.2, -0.15) is 0 Å². The van der Waals surface area contributed by atoms with E-state index in [-0.39, 0.29) is 0 Å². The maximum absolute atomic E-state index is 12.1. The topological polar surface area (TPSA) is 66.5 Å². The predicted molar refractivity (Wildman–Crippen MR) is 64.7 cm³/mol. The number of carbonyl (C=O) groups excluding carboxylic acids is 2. The summed E-state index contributed by atoms with van der Waals surface area (Å²) in [6.45, 7) is 10.4. The van der Waals surface area contributed by atoms with Crippen LogP contribution in [-0.4, -0.2) is 28.1 Å². The van der Waals surface area contributed by atoms with Crippen molar-refractivity contribution in [2.75, 3.05) is 0 Å². The summed E-state index contributed by atoms with van der Waals surface area (Å²) in [6.07, 6.45) is 1.71. The molecular weight excluding hydrogens is 234 g/mol. The molecule has 1 aliphatic heterocycles. The van der Waals surface area contributed by atoms with E-state index in [1.807, 2.05) is 0 Å². The second-order valence-electron chi connectivity index (χ2n) is 5.97. The Morgan fingerprint density at radius 3 is 2.06 bits per heavy atom. The van der Waals surface area contributed by atoms with Crippen molar-refractivity contribution in [2.24, 2.45) is 5.92 Å². The lowest BCUT2D eigenvalue weighted by Gasteiger charge is -2.49. The normalized spacial score (nSPS) is 23.4. The minimum Gasteiger partial charge on any atom is -0.390 e. The van der Waals surface area contributed by atoms with E-state index >= 15 is 0 Å². The largest absolute Gasteiger partial charge is 0.390 e. The number of carbonyl (C=O) groups is 2. The van der Waals surface area contributed by atoms with E-state index < -0.39 is 28.9 Å². The molecule has 1 aliphatic rings. The van der Waals surface area contributed by atoms with Crippen molar-refractivity contribution in [2.45, 2.75) is 51.6 Å². The van der Waals surface area contributed by atoms with E-state index in [1.54, 1.807) is 27.7 Å². The highest BCUT2D eigenvalue weighted by Gasteiger charge is 2.48. The van der Waals surface area contributed by atoms with Gasteiger partial charge in [-0.05, 0) is 40.5 Å². The third-order valence-corrected chi connectivity index (χ3v) is 3.29. The van der Waals surface area contributed by atoms with Crippen LogP contribution in [0.15, 0.2) is 12.7 Å². The van der Waals surface area contributed by atoms with E-state index in [4.69, 9.17) is 0 Å². The Hall–Kier alpha value is -1.20. The Labute approximate surface area is 107 Å². The molecule has 0 saturated carbocycles. The summed E-state index contributed by atoms with van der Waals surface area (Å²) < 4.78 is 4.64. The summed E-state index contributed by atoms with van der Waals surface area (Å²) in [5.41, 5.74) is -1.30. The summed E-state index contributed by atoms with van der Waals surface area (Å²) in [7, 11) is 0. The molecule has 0 bridgehead atoms. The molecule has 0 atom stereocenters. The van der Waals surface area contributed by atoms with E-state index in [1.165, 1.54) is 0 Å². The Bertz CT molecular complexity index is 355. The highest BCUT2D eigenvalue weighted by molar-refractivity contribution is 5.92. The standard InChI is InChI=1S/C13H20NO4/c1-6-10(15)18-11(16)9-7-12(2,3)14(17)13(4,5)8-9/h6,9H,1,7-8H2,2-5H3. The van der Waals surface area contributed by atoms with Gasteiger partial charge >= 0.3 is 11.9 Å². The molecule has 0 aliphatic carbocycles. The molecule has 101 valence electrons. The lowest BCUT2D eigenvalue weighted by molar-refractivity contribution is -0.293. The summed E-state index contributed by atoms with van der Waals surface area (Å²) in [4.78, 5) is 22.9. The number of piperidine rings is 1. The summed E-state index contributed by atoms with van der Waals surface area (Å²) in [6, 6.07) is 0. The number of hydroxylamine groups is 2. The first kappa shape index (κ1) is 14.9. The Balaban J connectivity index is 2.83. The number of rotatable bonds is 2. The molecule has 0 spiro atoms. The van der Waals surface area contributed by atoms with Crippen molar-refractivity contribution >= 4 is 11.9 Å². The smallest absolute Gasteiger partial charge is 0.337 e. The van der Waals surface area contributed by atoms with Crippen LogP contribution >= 0.6 is 0 Å². The molecule has 1 rings (SSSR count). The maximum Gasteiger partial charge on any atom is 0.337 e. The van der Waals surface area contributed by atoms with Gasteiger partial charge in [-0.3, -0.25) is 4.79 Å². The molecule has 1 heterocycles. The van der Waals surface area contributed by atoms with E-state index in [0.717, 1.165) is 11.1 Å². The molecule has 1 radical (unpaired) electrons. The monoisotopic (exact) mass is 254 g/mol. The molecule has 0 aromatic rings. The van der Waals surface area contributed by atoms with Crippen LogP contribution < -0.4 is 0 Å². The molecule has 1 saturated heterocycles. The van der Waals surface area contributed by atoms with Gasteiger partial charge < -0.3 is 4.74 Å². The molecular formula is C13H20NO4. The molecule has 0 amide bonds. The average molecular weight is 254 g/mol. The minimum absolute atomic E-state index is 0.378. The van der Waals surface area contributed by atoms with Crippen LogP contribution in [0.25, 0.3) is 0 Å². The zero-order chi connectivity index (χ0) is 14.1. The molecule has 1 fully saturated rings. The van der Waals surface area contributed by atoms with Gasteiger partial charge in [-0.15, -0.1) is 10.3 Å². The van der Waals surface area contributed by atoms with Crippen molar-refractivity contribution in [3.05, 3.63) is 12.7 Å². The predicted octanol–water partition coefficient (Wildman–Crippen LogP) is 1.86. The first-order valence-corrected chi connectivity index (χ1v) is 5.96. The van der Waals surface area contributed by atoms with Crippen LogP contribution in [0, 0.1) is 5.92 Å². The second-order valence-corrected chi connectivity index (χ2v) is 5.97. The van der Waals surface area contributed by atoms with Gasteiger partial charge in [0.15, 0.2) is 0 Å².